The van der Waals surface area contributed by atoms with Crippen molar-refractivity contribution in [2.45, 2.75) is 38.9 Å². The number of benzene rings is 1. The van der Waals surface area contributed by atoms with Crippen molar-refractivity contribution in [2.75, 3.05) is 13.7 Å². The van der Waals surface area contributed by atoms with Gasteiger partial charge in [-0.25, -0.2) is 4.79 Å². The average Bonchev–Trinajstić information content (AvgIpc) is 2.87. The van der Waals surface area contributed by atoms with E-state index < -0.39 is 18.0 Å². The summed E-state index contributed by atoms with van der Waals surface area (Å²) in [5.41, 5.74) is 0.777. The lowest BCUT2D eigenvalue weighted by molar-refractivity contribution is -0.131. The molecule has 0 saturated carbocycles. The molecular weight excluding hydrogens is 338 g/mol. The van der Waals surface area contributed by atoms with Crippen molar-refractivity contribution in [1.29, 1.82) is 0 Å². The molecule has 1 heterocycles. The van der Waals surface area contributed by atoms with Crippen molar-refractivity contribution < 1.29 is 24.2 Å². The number of carbonyl (C=O) groups is 3. The summed E-state index contributed by atoms with van der Waals surface area (Å²) in [6.45, 7) is 3.69. The van der Waals surface area contributed by atoms with E-state index in [2.05, 4.69) is 10.6 Å². The number of hydrogen-bond donors (Lipinski definition) is 3. The molecular formula is C18H25N3O5. The van der Waals surface area contributed by atoms with Crippen LogP contribution in [0.15, 0.2) is 24.3 Å². The molecule has 0 radical (unpaired) electrons. The second-order valence-corrected chi connectivity index (χ2v) is 6.58. The van der Waals surface area contributed by atoms with E-state index in [-0.39, 0.29) is 37.4 Å². The molecule has 1 aliphatic heterocycles. The third-order valence-electron chi connectivity index (χ3n) is 4.34. The zero-order chi connectivity index (χ0) is 19.3. The number of aliphatic hydroxyl groups is 1. The lowest BCUT2D eigenvalue weighted by Gasteiger charge is -2.20. The van der Waals surface area contributed by atoms with Gasteiger partial charge in [-0.1, -0.05) is 26.0 Å². The Morgan fingerprint density at radius 3 is 2.50 bits per heavy atom. The minimum atomic E-state index is -0.896. The predicted molar refractivity (Wildman–Crippen MR) is 94.3 cm³/mol. The molecule has 142 valence electrons. The third kappa shape index (κ3) is 4.72. The van der Waals surface area contributed by atoms with Gasteiger partial charge in [0.2, 0.25) is 5.91 Å². The summed E-state index contributed by atoms with van der Waals surface area (Å²) in [7, 11) is 1.56. The first-order valence-corrected chi connectivity index (χ1v) is 8.50. The van der Waals surface area contributed by atoms with Crippen LogP contribution >= 0.6 is 0 Å². The van der Waals surface area contributed by atoms with E-state index in [0.29, 0.717) is 5.75 Å². The smallest absolute Gasteiger partial charge is 0.325 e. The van der Waals surface area contributed by atoms with Crippen molar-refractivity contribution in [2.24, 2.45) is 5.92 Å². The van der Waals surface area contributed by atoms with Gasteiger partial charge in [0.15, 0.2) is 0 Å². The SMILES string of the molecule is COc1ccc(CN2C(=O)N[C@H](CC(=O)N[C@H](CO)C(C)C)C2=O)cc1. The van der Waals surface area contributed by atoms with Gasteiger partial charge >= 0.3 is 6.03 Å². The fraction of sp³-hybridized carbons (Fsp3) is 0.500. The molecule has 0 spiro atoms. The van der Waals surface area contributed by atoms with Crippen molar-refractivity contribution in [3.63, 3.8) is 0 Å². The van der Waals surface area contributed by atoms with Crippen LogP contribution < -0.4 is 15.4 Å². The number of carbonyl (C=O) groups excluding carboxylic acids is 3. The van der Waals surface area contributed by atoms with Crippen LogP contribution in [0.1, 0.15) is 25.8 Å². The highest BCUT2D eigenvalue weighted by molar-refractivity contribution is 6.05. The molecule has 1 aliphatic rings. The number of methoxy groups -OCH3 is 1. The summed E-state index contributed by atoms with van der Waals surface area (Å²) in [5.74, 6) is -0.0813. The first-order valence-electron chi connectivity index (χ1n) is 8.50. The lowest BCUT2D eigenvalue weighted by atomic mass is 10.0. The standard InChI is InChI=1S/C18H25N3O5/c1-11(2)15(10-22)19-16(23)8-14-17(24)21(18(25)20-14)9-12-4-6-13(26-3)7-5-12/h4-7,11,14-15,22H,8-10H2,1-3H3,(H,19,23)(H,20,25)/t14-,15-/m1/s1. The normalized spacial score (nSPS) is 18.0. The molecule has 0 bridgehead atoms. The van der Waals surface area contributed by atoms with Crippen LogP contribution in [-0.4, -0.2) is 53.7 Å². The van der Waals surface area contributed by atoms with Crippen LogP contribution in [0, 0.1) is 5.92 Å². The molecule has 0 aliphatic carbocycles. The highest BCUT2D eigenvalue weighted by Crippen LogP contribution is 2.17. The quantitative estimate of drug-likeness (QED) is 0.588. The second kappa shape index (κ2) is 8.66. The van der Waals surface area contributed by atoms with Gasteiger partial charge in [0.05, 0.1) is 32.7 Å². The number of imide groups is 1. The summed E-state index contributed by atoms with van der Waals surface area (Å²) < 4.78 is 5.08. The van der Waals surface area contributed by atoms with Gasteiger partial charge in [0.1, 0.15) is 11.8 Å². The van der Waals surface area contributed by atoms with Gasteiger partial charge in [-0.3, -0.25) is 14.5 Å². The molecule has 1 saturated heterocycles. The van der Waals surface area contributed by atoms with Crippen LogP contribution in [0.3, 0.4) is 0 Å². The highest BCUT2D eigenvalue weighted by Gasteiger charge is 2.39. The van der Waals surface area contributed by atoms with Crippen LogP contribution in [0.4, 0.5) is 4.79 Å². The number of ether oxygens (including phenoxy) is 1. The van der Waals surface area contributed by atoms with Gasteiger partial charge in [0, 0.05) is 0 Å². The molecule has 26 heavy (non-hydrogen) atoms. The van der Waals surface area contributed by atoms with Crippen molar-refractivity contribution >= 4 is 17.8 Å². The van der Waals surface area contributed by atoms with Crippen LogP contribution in [0.5, 0.6) is 5.75 Å². The largest absolute Gasteiger partial charge is 0.497 e. The summed E-state index contributed by atoms with van der Waals surface area (Å²) in [6.07, 6.45) is -0.160. The molecule has 1 aromatic carbocycles. The third-order valence-corrected chi connectivity index (χ3v) is 4.34. The number of aliphatic hydroxyl groups excluding tert-OH is 1. The van der Waals surface area contributed by atoms with Crippen LogP contribution in [-0.2, 0) is 16.1 Å². The molecule has 0 aromatic heterocycles. The molecule has 4 amide bonds. The minimum absolute atomic E-state index is 0.0596. The number of hydrogen-bond acceptors (Lipinski definition) is 5. The topological polar surface area (TPSA) is 108 Å². The molecule has 1 aromatic rings. The Balaban J connectivity index is 1.95. The van der Waals surface area contributed by atoms with Gasteiger partial charge in [-0.2, -0.15) is 0 Å². The van der Waals surface area contributed by atoms with Crippen molar-refractivity contribution in [3.8, 4) is 5.75 Å². The molecule has 3 N–H and O–H groups in total. The van der Waals surface area contributed by atoms with Crippen molar-refractivity contribution in [3.05, 3.63) is 29.8 Å². The van der Waals surface area contributed by atoms with Gasteiger partial charge in [-0.05, 0) is 23.6 Å². The monoisotopic (exact) mass is 363 g/mol. The Kier molecular flexibility index (Phi) is 6.57. The zero-order valence-corrected chi connectivity index (χ0v) is 15.2. The predicted octanol–water partition coefficient (Wildman–Crippen LogP) is 0.639. The number of rotatable bonds is 8. The van der Waals surface area contributed by atoms with E-state index in [1.807, 2.05) is 13.8 Å². The molecule has 8 heteroatoms. The molecule has 0 unspecified atom stereocenters. The molecule has 1 fully saturated rings. The summed E-state index contributed by atoms with van der Waals surface area (Å²) in [4.78, 5) is 37.7. The van der Waals surface area contributed by atoms with Gasteiger partial charge in [0.25, 0.3) is 5.91 Å². The Morgan fingerprint density at radius 1 is 1.31 bits per heavy atom. The van der Waals surface area contributed by atoms with E-state index in [9.17, 15) is 19.5 Å². The van der Waals surface area contributed by atoms with E-state index >= 15 is 0 Å². The maximum absolute atomic E-state index is 12.5. The van der Waals surface area contributed by atoms with E-state index in [0.717, 1.165) is 10.5 Å². The highest BCUT2D eigenvalue weighted by atomic mass is 16.5. The Hall–Kier alpha value is -2.61. The maximum atomic E-state index is 12.5. The lowest BCUT2D eigenvalue weighted by Crippen LogP contribution is -2.44. The van der Waals surface area contributed by atoms with Crippen LogP contribution in [0.25, 0.3) is 0 Å². The number of urea groups is 1. The molecule has 8 nitrogen and oxygen atoms in total. The summed E-state index contributed by atoms with van der Waals surface area (Å²) in [6, 6.07) is 5.24. The maximum Gasteiger partial charge on any atom is 0.325 e. The minimum Gasteiger partial charge on any atom is -0.497 e. The summed E-state index contributed by atoms with van der Waals surface area (Å²) in [5, 5.41) is 14.5. The van der Waals surface area contributed by atoms with Crippen LogP contribution in [0.2, 0.25) is 0 Å². The summed E-state index contributed by atoms with van der Waals surface area (Å²) >= 11 is 0. The first-order chi connectivity index (χ1) is 12.3. The fourth-order valence-corrected chi connectivity index (χ4v) is 2.65. The second-order valence-electron chi connectivity index (χ2n) is 6.58. The molecule has 2 atom stereocenters. The van der Waals surface area contributed by atoms with Gasteiger partial charge < -0.3 is 20.5 Å². The molecule has 2 rings (SSSR count). The number of nitrogens with zero attached hydrogens (tertiary/aromatic N) is 1. The van der Waals surface area contributed by atoms with Crippen molar-refractivity contribution in [1.82, 2.24) is 15.5 Å². The number of nitrogens with one attached hydrogen (secondary N) is 2. The average molecular weight is 363 g/mol. The first kappa shape index (κ1) is 19.7. The Labute approximate surface area is 152 Å². The van der Waals surface area contributed by atoms with E-state index in [4.69, 9.17) is 4.74 Å². The van der Waals surface area contributed by atoms with E-state index in [1.165, 1.54) is 0 Å². The fourth-order valence-electron chi connectivity index (χ4n) is 2.65. The Morgan fingerprint density at radius 2 is 1.96 bits per heavy atom. The zero-order valence-electron chi connectivity index (χ0n) is 15.2. The number of amides is 4. The van der Waals surface area contributed by atoms with E-state index in [1.54, 1.807) is 31.4 Å². The van der Waals surface area contributed by atoms with Gasteiger partial charge in [-0.15, -0.1) is 0 Å². The Bertz CT molecular complexity index is 659.